The second-order valence-corrected chi connectivity index (χ2v) is 4.90. The molecule has 0 unspecified atom stereocenters. The van der Waals surface area contributed by atoms with Gasteiger partial charge in [-0.25, -0.2) is 9.97 Å². The number of amides is 1. The van der Waals surface area contributed by atoms with Crippen LogP contribution in [0.3, 0.4) is 0 Å². The number of aryl methyl sites for hydroxylation is 1. The summed E-state index contributed by atoms with van der Waals surface area (Å²) in [7, 11) is 0. The number of unbranched alkanes of at least 4 members (excludes halogenated alkanes) is 1. The minimum atomic E-state index is -1.03. The van der Waals surface area contributed by atoms with Gasteiger partial charge in [0, 0.05) is 19.6 Å². The summed E-state index contributed by atoms with van der Waals surface area (Å²) in [6.07, 6.45) is 0.979. The van der Waals surface area contributed by atoms with Gasteiger partial charge >= 0.3 is 5.97 Å². The Bertz CT molecular complexity index is 603. The summed E-state index contributed by atoms with van der Waals surface area (Å²) in [6, 6.07) is 0. The number of ketones is 1. The standard InChI is InChI=1S/C14H20N4O5/c1-8-11(14(23)16-6-5-10(21)22)18-13(15)12(17-8)9(20)4-2-3-7-19/h19H,2-7H2,1H3,(H2,15,18)(H,16,23)(H,21,22). The van der Waals surface area contributed by atoms with Crippen LogP contribution in [0.2, 0.25) is 0 Å². The lowest BCUT2D eigenvalue weighted by Crippen LogP contribution is -2.28. The molecule has 0 aliphatic rings. The van der Waals surface area contributed by atoms with Gasteiger partial charge in [-0.05, 0) is 19.8 Å². The minimum Gasteiger partial charge on any atom is -0.481 e. The second kappa shape index (κ2) is 8.79. The lowest BCUT2D eigenvalue weighted by atomic mass is 10.1. The summed E-state index contributed by atoms with van der Waals surface area (Å²) in [4.78, 5) is 42.3. The average Bonchev–Trinajstić information content (AvgIpc) is 2.48. The Morgan fingerprint density at radius 2 is 1.83 bits per heavy atom. The smallest absolute Gasteiger partial charge is 0.305 e. The number of hydrogen-bond acceptors (Lipinski definition) is 7. The molecular weight excluding hydrogens is 304 g/mol. The van der Waals surface area contributed by atoms with Crippen molar-refractivity contribution in [3.05, 3.63) is 17.1 Å². The molecule has 9 nitrogen and oxygen atoms in total. The van der Waals surface area contributed by atoms with E-state index in [2.05, 4.69) is 15.3 Å². The fourth-order valence-electron chi connectivity index (χ4n) is 1.83. The topological polar surface area (TPSA) is 155 Å². The number of aliphatic carboxylic acids is 1. The van der Waals surface area contributed by atoms with E-state index in [-0.39, 0.29) is 54.7 Å². The molecule has 23 heavy (non-hydrogen) atoms. The maximum absolute atomic E-state index is 12.0. The van der Waals surface area contributed by atoms with Crippen molar-refractivity contribution in [3.63, 3.8) is 0 Å². The number of carbonyl (C=O) groups excluding carboxylic acids is 2. The van der Waals surface area contributed by atoms with Crippen LogP contribution in [0.5, 0.6) is 0 Å². The summed E-state index contributed by atoms with van der Waals surface area (Å²) in [5.41, 5.74) is 5.89. The van der Waals surface area contributed by atoms with Gasteiger partial charge in [-0.15, -0.1) is 0 Å². The highest BCUT2D eigenvalue weighted by atomic mass is 16.4. The number of rotatable bonds is 9. The van der Waals surface area contributed by atoms with Crippen LogP contribution in [0.25, 0.3) is 0 Å². The predicted molar refractivity (Wildman–Crippen MR) is 81.0 cm³/mol. The molecule has 0 aliphatic heterocycles. The van der Waals surface area contributed by atoms with Crippen molar-refractivity contribution in [1.29, 1.82) is 0 Å². The third-order valence-electron chi connectivity index (χ3n) is 3.01. The molecule has 0 saturated heterocycles. The van der Waals surface area contributed by atoms with Crippen LogP contribution in [-0.4, -0.2) is 51.0 Å². The van der Waals surface area contributed by atoms with Crippen LogP contribution in [-0.2, 0) is 4.79 Å². The van der Waals surface area contributed by atoms with E-state index in [1.165, 1.54) is 6.92 Å². The van der Waals surface area contributed by atoms with Gasteiger partial charge in [-0.1, -0.05) is 0 Å². The normalized spacial score (nSPS) is 10.3. The monoisotopic (exact) mass is 324 g/mol. The number of aliphatic hydroxyl groups is 1. The molecular formula is C14H20N4O5. The Morgan fingerprint density at radius 1 is 1.13 bits per heavy atom. The Labute approximate surface area is 132 Å². The third kappa shape index (κ3) is 5.62. The zero-order valence-electron chi connectivity index (χ0n) is 12.8. The average molecular weight is 324 g/mol. The summed E-state index contributed by atoms with van der Waals surface area (Å²) in [5, 5.41) is 19.6. The first-order valence-electron chi connectivity index (χ1n) is 7.15. The number of nitrogens with zero attached hydrogens (tertiary/aromatic N) is 2. The second-order valence-electron chi connectivity index (χ2n) is 4.90. The van der Waals surface area contributed by atoms with Gasteiger partial charge in [-0.2, -0.15) is 0 Å². The van der Waals surface area contributed by atoms with Crippen molar-refractivity contribution >= 4 is 23.5 Å². The molecule has 0 aliphatic carbocycles. The molecule has 0 spiro atoms. The molecule has 0 radical (unpaired) electrons. The van der Waals surface area contributed by atoms with Crippen LogP contribution >= 0.6 is 0 Å². The predicted octanol–water partition coefficient (Wildman–Crippen LogP) is -0.0830. The fourth-order valence-corrected chi connectivity index (χ4v) is 1.83. The van der Waals surface area contributed by atoms with Crippen molar-refractivity contribution < 1.29 is 24.6 Å². The first-order valence-corrected chi connectivity index (χ1v) is 7.15. The first-order chi connectivity index (χ1) is 10.9. The van der Waals surface area contributed by atoms with E-state index in [4.69, 9.17) is 15.9 Å². The quantitative estimate of drug-likeness (QED) is 0.363. The highest BCUT2D eigenvalue weighted by Gasteiger charge is 2.19. The van der Waals surface area contributed by atoms with Gasteiger partial charge in [0.1, 0.15) is 5.69 Å². The number of aromatic nitrogens is 2. The largest absolute Gasteiger partial charge is 0.481 e. The van der Waals surface area contributed by atoms with Crippen LogP contribution in [0.1, 0.15) is 52.4 Å². The molecule has 0 saturated carbocycles. The first kappa shape index (κ1) is 18.5. The molecule has 5 N–H and O–H groups in total. The number of carboxylic acids is 1. The lowest BCUT2D eigenvalue weighted by molar-refractivity contribution is -0.136. The zero-order valence-corrected chi connectivity index (χ0v) is 12.8. The van der Waals surface area contributed by atoms with Crippen molar-refractivity contribution in [2.24, 2.45) is 0 Å². The number of Topliss-reactive ketones (excluding diaryl/α,β-unsaturated/α-hetero) is 1. The number of carbonyl (C=O) groups is 3. The minimum absolute atomic E-state index is 0.00234. The van der Waals surface area contributed by atoms with E-state index in [0.717, 1.165) is 0 Å². The van der Waals surface area contributed by atoms with Gasteiger partial charge in [0.25, 0.3) is 5.91 Å². The number of carboxylic acid groups (broad SMARTS) is 1. The van der Waals surface area contributed by atoms with Gasteiger partial charge in [0.15, 0.2) is 17.3 Å². The molecule has 1 aromatic heterocycles. The highest BCUT2D eigenvalue weighted by Crippen LogP contribution is 2.14. The Morgan fingerprint density at radius 3 is 2.43 bits per heavy atom. The number of hydrogen-bond donors (Lipinski definition) is 4. The molecule has 1 amide bonds. The van der Waals surface area contributed by atoms with E-state index >= 15 is 0 Å². The van der Waals surface area contributed by atoms with Crippen molar-refractivity contribution in [1.82, 2.24) is 15.3 Å². The number of nitrogen functional groups attached to an aromatic ring is 1. The fraction of sp³-hybridized carbons (Fsp3) is 0.500. The molecule has 0 fully saturated rings. The Hall–Kier alpha value is -2.55. The molecule has 0 bridgehead atoms. The van der Waals surface area contributed by atoms with Gasteiger partial charge < -0.3 is 21.3 Å². The molecule has 126 valence electrons. The maximum Gasteiger partial charge on any atom is 0.305 e. The van der Waals surface area contributed by atoms with E-state index in [1.807, 2.05) is 0 Å². The third-order valence-corrected chi connectivity index (χ3v) is 3.01. The van der Waals surface area contributed by atoms with Crippen molar-refractivity contribution in [2.75, 3.05) is 18.9 Å². The number of aliphatic hydroxyl groups excluding tert-OH is 1. The molecule has 1 rings (SSSR count). The molecule has 1 aromatic rings. The Balaban J connectivity index is 2.81. The van der Waals surface area contributed by atoms with Gasteiger partial charge in [0.05, 0.1) is 12.1 Å². The van der Waals surface area contributed by atoms with Crippen LogP contribution in [0.4, 0.5) is 5.82 Å². The van der Waals surface area contributed by atoms with Crippen LogP contribution < -0.4 is 11.1 Å². The highest BCUT2D eigenvalue weighted by molar-refractivity contribution is 6.00. The van der Waals surface area contributed by atoms with Crippen molar-refractivity contribution in [3.8, 4) is 0 Å². The van der Waals surface area contributed by atoms with Gasteiger partial charge in [0.2, 0.25) is 0 Å². The number of nitrogens with one attached hydrogen (secondary N) is 1. The molecule has 0 aromatic carbocycles. The maximum atomic E-state index is 12.0. The summed E-state index contributed by atoms with van der Waals surface area (Å²) in [6.45, 7) is 1.48. The zero-order chi connectivity index (χ0) is 17.4. The molecule has 0 atom stereocenters. The van der Waals surface area contributed by atoms with Crippen LogP contribution in [0, 0.1) is 6.92 Å². The summed E-state index contributed by atoms with van der Waals surface area (Å²) >= 11 is 0. The van der Waals surface area contributed by atoms with Gasteiger partial charge in [-0.3, -0.25) is 14.4 Å². The Kier molecular flexibility index (Phi) is 7.07. The SMILES string of the molecule is Cc1nc(C(=O)CCCCO)c(N)nc1C(=O)NCCC(=O)O. The van der Waals surface area contributed by atoms with E-state index in [0.29, 0.717) is 12.8 Å². The van der Waals surface area contributed by atoms with Crippen LogP contribution in [0.15, 0.2) is 0 Å². The number of anilines is 1. The number of nitrogens with two attached hydrogens (primary N) is 1. The van der Waals surface area contributed by atoms with E-state index in [9.17, 15) is 14.4 Å². The summed E-state index contributed by atoms with van der Waals surface area (Å²) in [5.74, 6) is -2.07. The van der Waals surface area contributed by atoms with E-state index < -0.39 is 11.9 Å². The molecule has 1 heterocycles. The van der Waals surface area contributed by atoms with E-state index in [1.54, 1.807) is 0 Å². The lowest BCUT2D eigenvalue weighted by Gasteiger charge is -2.09. The molecule has 9 heteroatoms. The van der Waals surface area contributed by atoms with Crippen molar-refractivity contribution in [2.45, 2.75) is 32.6 Å². The summed E-state index contributed by atoms with van der Waals surface area (Å²) < 4.78 is 0.